The van der Waals surface area contributed by atoms with Crippen molar-refractivity contribution in [2.45, 2.75) is 32.6 Å². The van der Waals surface area contributed by atoms with Crippen LogP contribution in [0, 0.1) is 24.7 Å². The number of unbranched alkanes of at least 4 members (excludes halogenated alkanes) is 3. The number of rotatable bonds is 7. The van der Waals surface area contributed by atoms with Crippen LogP contribution < -0.4 is 4.74 Å². The molecular weight excluding hydrogens is 210 g/mol. The molecule has 0 unspecified atom stereocenters. The fraction of sp³-hybridized carbons (Fsp3) is 0.400. The fourth-order valence-corrected chi connectivity index (χ4v) is 1.53. The molecule has 17 heavy (non-hydrogen) atoms. The number of nitrogens with zero attached hydrogens (tertiary/aromatic N) is 1. The lowest BCUT2D eigenvalue weighted by Gasteiger charge is -2.10. The van der Waals surface area contributed by atoms with E-state index in [4.69, 9.17) is 16.9 Å². The van der Waals surface area contributed by atoms with Crippen molar-refractivity contribution in [3.05, 3.63) is 42.7 Å². The van der Waals surface area contributed by atoms with Gasteiger partial charge in [-0.25, -0.2) is 0 Å². The van der Waals surface area contributed by atoms with Crippen LogP contribution in [-0.2, 0) is 0 Å². The molecule has 0 bridgehead atoms. The van der Waals surface area contributed by atoms with E-state index in [0.29, 0.717) is 23.5 Å². The second-order valence-electron chi connectivity index (χ2n) is 3.90. The fourth-order valence-electron chi connectivity index (χ4n) is 1.53. The third-order valence-electron chi connectivity index (χ3n) is 2.45. The lowest BCUT2D eigenvalue weighted by atomic mass is 10.1. The summed E-state index contributed by atoms with van der Waals surface area (Å²) in [5.74, 6) is 0.642. The molecule has 88 valence electrons. The highest BCUT2D eigenvalue weighted by molar-refractivity contribution is 5.45. The molecule has 1 aromatic carbocycles. The molecule has 0 fully saturated rings. The molecule has 0 amide bonds. The standard InChI is InChI=1S/C15H17NO/c1-3-4-5-6-11-17-15-12-13(2)7-8-14(15)9-10-16/h2,7-8,12H,3-6,11H2,1H3. The van der Waals surface area contributed by atoms with Crippen LogP contribution in [0.5, 0.6) is 5.75 Å². The first-order valence-corrected chi connectivity index (χ1v) is 5.95. The van der Waals surface area contributed by atoms with E-state index in [9.17, 15) is 0 Å². The molecule has 0 heterocycles. The molecular formula is C15H17NO. The van der Waals surface area contributed by atoms with Crippen molar-refractivity contribution in [3.8, 4) is 11.8 Å². The zero-order valence-corrected chi connectivity index (χ0v) is 10.2. The normalized spacial score (nSPS) is 9.94. The van der Waals surface area contributed by atoms with Crippen molar-refractivity contribution in [1.29, 1.82) is 5.26 Å². The van der Waals surface area contributed by atoms with Gasteiger partial charge in [0.1, 0.15) is 12.2 Å². The first kappa shape index (κ1) is 13.6. The zero-order chi connectivity index (χ0) is 12.5. The van der Waals surface area contributed by atoms with Crippen LogP contribution in [0.1, 0.15) is 43.7 Å². The van der Waals surface area contributed by atoms with Crippen molar-refractivity contribution in [2.24, 2.45) is 0 Å². The molecule has 2 heteroatoms. The van der Waals surface area contributed by atoms with Gasteiger partial charge < -0.3 is 4.74 Å². The number of hydrogen-bond acceptors (Lipinski definition) is 2. The van der Waals surface area contributed by atoms with E-state index in [0.717, 1.165) is 6.42 Å². The Labute approximate surface area is 104 Å². The van der Waals surface area contributed by atoms with Gasteiger partial charge in [0.25, 0.3) is 0 Å². The van der Waals surface area contributed by atoms with Gasteiger partial charge in [-0.3, -0.25) is 0 Å². The lowest BCUT2D eigenvalue weighted by Crippen LogP contribution is -2.00. The molecule has 0 aromatic heterocycles. The van der Waals surface area contributed by atoms with Gasteiger partial charge in [0.15, 0.2) is 0 Å². The second-order valence-corrected chi connectivity index (χ2v) is 3.90. The molecule has 4 radical (unpaired) electrons. The number of ether oxygens (including phenoxy) is 1. The van der Waals surface area contributed by atoms with Gasteiger partial charge in [-0.2, -0.15) is 5.26 Å². The van der Waals surface area contributed by atoms with E-state index < -0.39 is 0 Å². The van der Waals surface area contributed by atoms with Crippen LogP contribution in [0.25, 0.3) is 0 Å². The Bertz CT molecular complexity index is 379. The third kappa shape index (κ3) is 4.91. The minimum Gasteiger partial charge on any atom is -0.493 e. The Morgan fingerprint density at radius 2 is 2.12 bits per heavy atom. The average Bonchev–Trinajstić information content (AvgIpc) is 2.32. The highest BCUT2D eigenvalue weighted by Gasteiger charge is 2.04. The quantitative estimate of drug-likeness (QED) is 0.666. The molecule has 0 saturated carbocycles. The SMILES string of the molecule is [CH]c1ccc([C]C#N)c(OCCCCCC)c1. The maximum absolute atomic E-state index is 8.61. The van der Waals surface area contributed by atoms with Gasteiger partial charge in [-0.15, -0.1) is 0 Å². The Kier molecular flexibility index (Phi) is 6.17. The Morgan fingerprint density at radius 3 is 2.82 bits per heavy atom. The van der Waals surface area contributed by atoms with E-state index >= 15 is 0 Å². The molecule has 0 aliphatic rings. The minimum atomic E-state index is 0.636. The lowest BCUT2D eigenvalue weighted by molar-refractivity contribution is 0.303. The van der Waals surface area contributed by atoms with Crippen LogP contribution in [0.15, 0.2) is 18.2 Å². The predicted molar refractivity (Wildman–Crippen MR) is 67.4 cm³/mol. The first-order valence-electron chi connectivity index (χ1n) is 5.95. The molecule has 0 atom stereocenters. The predicted octanol–water partition coefficient (Wildman–Crippen LogP) is 3.66. The Hall–Kier alpha value is -1.49. The largest absolute Gasteiger partial charge is 0.493 e. The summed E-state index contributed by atoms with van der Waals surface area (Å²) in [5, 5.41) is 8.61. The summed E-state index contributed by atoms with van der Waals surface area (Å²) in [4.78, 5) is 0. The third-order valence-corrected chi connectivity index (χ3v) is 2.45. The molecule has 0 aliphatic carbocycles. The molecule has 0 spiro atoms. The molecule has 0 saturated heterocycles. The van der Waals surface area contributed by atoms with E-state index in [2.05, 4.69) is 13.3 Å². The van der Waals surface area contributed by atoms with Crippen molar-refractivity contribution < 1.29 is 4.74 Å². The monoisotopic (exact) mass is 227 g/mol. The maximum atomic E-state index is 8.61. The number of hydrogen-bond donors (Lipinski definition) is 0. The van der Waals surface area contributed by atoms with Gasteiger partial charge in [-0.05, 0) is 25.0 Å². The van der Waals surface area contributed by atoms with Crippen molar-refractivity contribution in [2.75, 3.05) is 6.61 Å². The van der Waals surface area contributed by atoms with Crippen LogP contribution >= 0.6 is 0 Å². The molecule has 1 rings (SSSR count). The summed E-state index contributed by atoms with van der Waals surface area (Å²) in [6.07, 6.45) is 7.20. The molecule has 2 nitrogen and oxygen atoms in total. The summed E-state index contributed by atoms with van der Waals surface area (Å²) in [6, 6.07) is 7.11. The summed E-state index contributed by atoms with van der Waals surface area (Å²) in [6.45, 7) is 8.52. The first-order chi connectivity index (χ1) is 8.27. The highest BCUT2D eigenvalue weighted by Crippen LogP contribution is 2.22. The van der Waals surface area contributed by atoms with Crippen LogP contribution in [0.2, 0.25) is 0 Å². The summed E-state index contributed by atoms with van der Waals surface area (Å²) >= 11 is 0. The number of nitriles is 1. The van der Waals surface area contributed by atoms with E-state index in [-0.39, 0.29) is 0 Å². The molecule has 0 aliphatic heterocycles. The summed E-state index contributed by atoms with van der Waals surface area (Å²) < 4.78 is 5.62. The van der Waals surface area contributed by atoms with Crippen LogP contribution in [0.4, 0.5) is 0 Å². The summed E-state index contributed by atoms with van der Waals surface area (Å²) in [7, 11) is 0. The smallest absolute Gasteiger partial charge is 0.135 e. The van der Waals surface area contributed by atoms with Gasteiger partial charge >= 0.3 is 0 Å². The van der Waals surface area contributed by atoms with Crippen molar-refractivity contribution >= 4 is 0 Å². The minimum absolute atomic E-state index is 0.636. The van der Waals surface area contributed by atoms with Crippen LogP contribution in [-0.4, -0.2) is 6.61 Å². The van der Waals surface area contributed by atoms with Gasteiger partial charge in [0.05, 0.1) is 12.7 Å². The van der Waals surface area contributed by atoms with E-state index in [1.807, 2.05) is 6.07 Å². The van der Waals surface area contributed by atoms with Crippen molar-refractivity contribution in [3.63, 3.8) is 0 Å². The van der Waals surface area contributed by atoms with E-state index in [1.165, 1.54) is 19.3 Å². The van der Waals surface area contributed by atoms with Crippen LogP contribution in [0.3, 0.4) is 0 Å². The van der Waals surface area contributed by atoms with Gasteiger partial charge in [-0.1, -0.05) is 38.3 Å². The maximum Gasteiger partial charge on any atom is 0.135 e. The zero-order valence-electron chi connectivity index (χ0n) is 10.2. The average molecular weight is 227 g/mol. The molecule has 1 aromatic rings. The van der Waals surface area contributed by atoms with Gasteiger partial charge in [0.2, 0.25) is 0 Å². The second kappa shape index (κ2) is 7.73. The van der Waals surface area contributed by atoms with E-state index in [1.54, 1.807) is 18.2 Å². The summed E-state index contributed by atoms with van der Waals surface area (Å²) in [5.41, 5.74) is 1.30. The Balaban J connectivity index is 2.50. The molecule has 0 N–H and O–H groups in total. The highest BCUT2D eigenvalue weighted by atomic mass is 16.5. The number of benzene rings is 1. The Morgan fingerprint density at radius 1 is 1.29 bits per heavy atom. The topological polar surface area (TPSA) is 33.0 Å². The van der Waals surface area contributed by atoms with Gasteiger partial charge in [0, 0.05) is 5.56 Å². The van der Waals surface area contributed by atoms with Crippen molar-refractivity contribution in [1.82, 2.24) is 0 Å².